The van der Waals surface area contributed by atoms with E-state index in [1.54, 1.807) is 0 Å². The van der Waals surface area contributed by atoms with Gasteiger partial charge in [0.2, 0.25) is 0 Å². The van der Waals surface area contributed by atoms with Crippen LogP contribution in [-0.2, 0) is 14.3 Å². The first-order valence-corrected chi connectivity index (χ1v) is 9.51. The van der Waals surface area contributed by atoms with Crippen molar-refractivity contribution in [3.05, 3.63) is 0 Å². The minimum atomic E-state index is -2.00. The second kappa shape index (κ2) is 15.2. The van der Waals surface area contributed by atoms with Crippen LogP contribution in [-0.4, -0.2) is 58.6 Å². The molecule has 1 fully saturated rings. The number of ether oxygens (including phenoxy) is 2. The summed E-state index contributed by atoms with van der Waals surface area (Å²) in [7, 11) is 0. The van der Waals surface area contributed by atoms with E-state index in [0.29, 0.717) is 6.61 Å². The second-order valence-corrected chi connectivity index (χ2v) is 6.77. The van der Waals surface area contributed by atoms with Crippen LogP contribution in [0.15, 0.2) is 0 Å². The molecule has 1 saturated heterocycles. The molecule has 148 valence electrons. The predicted molar refractivity (Wildman–Crippen MR) is 89.5 cm³/mol. The molecule has 1 aliphatic heterocycles. The summed E-state index contributed by atoms with van der Waals surface area (Å²) in [5.41, 5.74) is 0. The summed E-state index contributed by atoms with van der Waals surface area (Å²) in [4.78, 5) is 10.6. The van der Waals surface area contributed by atoms with Crippen molar-refractivity contribution in [3.63, 3.8) is 0 Å². The van der Waals surface area contributed by atoms with Gasteiger partial charge in [0, 0.05) is 6.61 Å². The monoisotopic (exact) mass is 384 g/mol. The fourth-order valence-corrected chi connectivity index (χ4v) is 2.99. The van der Waals surface area contributed by atoms with Gasteiger partial charge in [-0.3, -0.25) is 0 Å². The Morgan fingerprint density at radius 1 is 1.00 bits per heavy atom. The van der Waals surface area contributed by atoms with Crippen molar-refractivity contribution >= 4 is 5.97 Å². The minimum Gasteiger partial charge on any atom is -0.547 e. The maximum absolute atomic E-state index is 10.6. The number of aliphatic hydroxyl groups is 3. The number of carbonyl (C=O) groups excluding carboxylic acids is 1. The predicted octanol–water partition coefficient (Wildman–Crippen LogP) is -2.51. The SMILES string of the molecule is CCCCCCCCCCCCO[C@H]1O[C@@H]([C@H](O)C(=O)[O-])[C@H](O)[C@H]1O.[Na+]. The van der Waals surface area contributed by atoms with Gasteiger partial charge in [0.25, 0.3) is 0 Å². The molecule has 5 atom stereocenters. The number of carboxylic acid groups (broad SMARTS) is 1. The molecule has 1 heterocycles. The number of hydrogen-bond acceptors (Lipinski definition) is 7. The molecule has 1 rings (SSSR count). The number of carbonyl (C=O) groups is 1. The Hall–Kier alpha value is 0.270. The molecule has 26 heavy (non-hydrogen) atoms. The molecule has 0 spiro atoms. The molecule has 0 aromatic carbocycles. The van der Waals surface area contributed by atoms with Gasteiger partial charge in [-0.1, -0.05) is 64.7 Å². The zero-order valence-corrected chi connectivity index (χ0v) is 18.1. The molecule has 0 bridgehead atoms. The van der Waals surface area contributed by atoms with E-state index < -0.39 is 36.7 Å². The Bertz CT molecular complexity index is 369. The van der Waals surface area contributed by atoms with Crippen molar-refractivity contribution in [1.82, 2.24) is 0 Å². The number of aliphatic hydroxyl groups excluding tert-OH is 3. The minimum absolute atomic E-state index is 0. The maximum atomic E-state index is 10.6. The number of unbranched alkanes of at least 4 members (excludes halogenated alkanes) is 9. The van der Waals surface area contributed by atoms with Crippen LogP contribution >= 0.6 is 0 Å². The quantitative estimate of drug-likeness (QED) is 0.223. The first kappa shape index (κ1) is 26.3. The second-order valence-electron chi connectivity index (χ2n) is 6.77. The number of aliphatic carboxylic acids is 1. The molecule has 0 aliphatic carbocycles. The van der Waals surface area contributed by atoms with Crippen molar-refractivity contribution in [1.29, 1.82) is 0 Å². The third-order valence-corrected chi connectivity index (χ3v) is 4.59. The van der Waals surface area contributed by atoms with Crippen molar-refractivity contribution in [3.8, 4) is 0 Å². The van der Waals surface area contributed by atoms with Crippen LogP contribution in [0.5, 0.6) is 0 Å². The zero-order chi connectivity index (χ0) is 18.7. The Balaban J connectivity index is 0.00000625. The topological polar surface area (TPSA) is 119 Å². The zero-order valence-electron chi connectivity index (χ0n) is 16.1. The fraction of sp³-hybridized carbons (Fsp3) is 0.944. The molecule has 1 aliphatic rings. The molecule has 0 saturated carbocycles. The van der Waals surface area contributed by atoms with Crippen molar-refractivity contribution in [2.75, 3.05) is 6.61 Å². The van der Waals surface area contributed by atoms with Gasteiger partial charge >= 0.3 is 29.6 Å². The summed E-state index contributed by atoms with van der Waals surface area (Å²) in [6, 6.07) is 0. The van der Waals surface area contributed by atoms with Crippen LogP contribution in [0.25, 0.3) is 0 Å². The Labute approximate surface area is 178 Å². The van der Waals surface area contributed by atoms with Crippen LogP contribution < -0.4 is 34.7 Å². The molecule has 7 nitrogen and oxygen atoms in total. The number of hydrogen-bond donors (Lipinski definition) is 3. The summed E-state index contributed by atoms with van der Waals surface area (Å²) in [5.74, 6) is -1.76. The Morgan fingerprint density at radius 3 is 2.00 bits per heavy atom. The molecular weight excluding hydrogens is 351 g/mol. The van der Waals surface area contributed by atoms with Crippen LogP contribution in [0.1, 0.15) is 71.1 Å². The molecule has 0 unspecified atom stereocenters. The molecule has 0 amide bonds. The molecule has 0 aromatic heterocycles. The summed E-state index contributed by atoms with van der Waals surface area (Å²) >= 11 is 0. The number of carboxylic acids is 1. The number of rotatable bonds is 14. The van der Waals surface area contributed by atoms with E-state index in [9.17, 15) is 25.2 Å². The van der Waals surface area contributed by atoms with Gasteiger partial charge < -0.3 is 34.7 Å². The summed E-state index contributed by atoms with van der Waals surface area (Å²) in [6.45, 7) is 2.56. The first-order valence-electron chi connectivity index (χ1n) is 9.51. The largest absolute Gasteiger partial charge is 1.00 e. The van der Waals surface area contributed by atoms with Crippen LogP contribution in [0.3, 0.4) is 0 Å². The van der Waals surface area contributed by atoms with E-state index in [1.165, 1.54) is 44.9 Å². The summed E-state index contributed by atoms with van der Waals surface area (Å²) < 4.78 is 10.5. The van der Waals surface area contributed by atoms with Crippen LogP contribution in [0.4, 0.5) is 0 Å². The summed E-state index contributed by atoms with van der Waals surface area (Å²) in [6.07, 6.45) is 4.41. The van der Waals surface area contributed by atoms with Gasteiger partial charge in [-0.25, -0.2) is 0 Å². The molecule has 0 radical (unpaired) electrons. The van der Waals surface area contributed by atoms with Crippen molar-refractivity contribution in [2.24, 2.45) is 0 Å². The smallest absolute Gasteiger partial charge is 0.547 e. The molecule has 8 heteroatoms. The average molecular weight is 384 g/mol. The van der Waals surface area contributed by atoms with E-state index >= 15 is 0 Å². The van der Waals surface area contributed by atoms with E-state index in [-0.39, 0.29) is 29.6 Å². The fourth-order valence-electron chi connectivity index (χ4n) is 2.99. The van der Waals surface area contributed by atoms with E-state index in [4.69, 9.17) is 9.47 Å². The van der Waals surface area contributed by atoms with E-state index in [2.05, 4.69) is 6.92 Å². The molecular formula is C18H33NaO7. The summed E-state index contributed by atoms with van der Waals surface area (Å²) in [5, 5.41) is 39.5. The van der Waals surface area contributed by atoms with Gasteiger partial charge in [0.1, 0.15) is 24.4 Å². The average Bonchev–Trinajstić information content (AvgIpc) is 2.87. The molecule has 0 aromatic rings. The van der Waals surface area contributed by atoms with Gasteiger partial charge in [0.05, 0.1) is 5.97 Å². The van der Waals surface area contributed by atoms with Crippen LogP contribution in [0.2, 0.25) is 0 Å². The standard InChI is InChI=1S/C18H34O7.Na/c1-2-3-4-5-6-7-8-9-10-11-12-24-18-14(20)13(19)16(25-18)15(21)17(22)23;/h13-16,18-21H,2-12H2,1H3,(H,22,23);/q;+1/p-1/t13-,14-,15+,16-,18+;/m1./s1. The van der Waals surface area contributed by atoms with Crippen LogP contribution in [0, 0.1) is 0 Å². The van der Waals surface area contributed by atoms with Gasteiger partial charge in [0.15, 0.2) is 6.29 Å². The third-order valence-electron chi connectivity index (χ3n) is 4.59. The maximum Gasteiger partial charge on any atom is 1.00 e. The van der Waals surface area contributed by atoms with Gasteiger partial charge in [-0.05, 0) is 6.42 Å². The molecule has 3 N–H and O–H groups in total. The Morgan fingerprint density at radius 2 is 1.50 bits per heavy atom. The van der Waals surface area contributed by atoms with Gasteiger partial charge in [-0.2, -0.15) is 0 Å². The van der Waals surface area contributed by atoms with Gasteiger partial charge in [-0.15, -0.1) is 0 Å². The van der Waals surface area contributed by atoms with Crippen molar-refractivity contribution in [2.45, 2.75) is 102 Å². The Kier molecular flexibility index (Phi) is 15.4. The van der Waals surface area contributed by atoms with Crippen molar-refractivity contribution < 1.29 is 64.3 Å². The van der Waals surface area contributed by atoms with E-state index in [0.717, 1.165) is 19.3 Å². The first-order chi connectivity index (χ1) is 12.0. The van der Waals surface area contributed by atoms with E-state index in [1.807, 2.05) is 0 Å². The normalized spacial score (nSPS) is 26.5. The third kappa shape index (κ3) is 9.46.